The average Bonchev–Trinajstić information content (AvgIpc) is 3.28. The van der Waals surface area contributed by atoms with Crippen LogP contribution in [-0.4, -0.2) is 41.3 Å². The van der Waals surface area contributed by atoms with Crippen LogP contribution in [0, 0.1) is 17.3 Å². The Morgan fingerprint density at radius 3 is 2.46 bits per heavy atom. The van der Waals surface area contributed by atoms with Crippen LogP contribution >= 0.6 is 0 Å². The van der Waals surface area contributed by atoms with Crippen LogP contribution < -0.4 is 0 Å². The molecule has 3 aliphatic heterocycles. The number of carboxylic acids is 1. The predicted octanol–water partition coefficient (Wildman–Crippen LogP) is 4.31. The van der Waals surface area contributed by atoms with Crippen LogP contribution in [0.2, 0.25) is 0 Å². The molecule has 0 aromatic heterocycles. The molecule has 3 rings (SSSR count). The van der Waals surface area contributed by atoms with Crippen molar-refractivity contribution in [2.75, 3.05) is 0 Å². The van der Waals surface area contributed by atoms with Crippen LogP contribution in [-0.2, 0) is 19.1 Å². The molecule has 0 spiro atoms. The van der Waals surface area contributed by atoms with Gasteiger partial charge in [0.2, 0.25) is 0 Å². The van der Waals surface area contributed by atoms with Crippen LogP contribution in [0.3, 0.4) is 0 Å². The molecule has 1 N–H and O–H groups in total. The van der Waals surface area contributed by atoms with Crippen molar-refractivity contribution in [3.8, 4) is 0 Å². The summed E-state index contributed by atoms with van der Waals surface area (Å²) in [6.45, 7) is 6.21. The highest BCUT2D eigenvalue weighted by molar-refractivity contribution is 5.94. The fourth-order valence-corrected chi connectivity index (χ4v) is 4.57. The van der Waals surface area contributed by atoms with Crippen molar-refractivity contribution in [1.82, 2.24) is 0 Å². The van der Waals surface area contributed by atoms with Gasteiger partial charge in [-0.25, -0.2) is 0 Å². The van der Waals surface area contributed by atoms with E-state index in [1.54, 1.807) is 6.08 Å². The molecule has 0 aliphatic carbocycles. The van der Waals surface area contributed by atoms with Crippen molar-refractivity contribution in [3.05, 3.63) is 24.3 Å². The number of carboxylic acid groups (broad SMARTS) is 1. The van der Waals surface area contributed by atoms with Gasteiger partial charge in [0.15, 0.2) is 5.78 Å². The van der Waals surface area contributed by atoms with E-state index in [0.717, 1.165) is 32.1 Å². The molecule has 5 nitrogen and oxygen atoms in total. The lowest BCUT2D eigenvalue weighted by Crippen LogP contribution is -2.32. The first-order valence-corrected chi connectivity index (χ1v) is 10.8. The molecule has 0 radical (unpaired) electrons. The van der Waals surface area contributed by atoms with Crippen molar-refractivity contribution >= 4 is 11.8 Å². The van der Waals surface area contributed by atoms with Crippen molar-refractivity contribution < 1.29 is 24.2 Å². The minimum absolute atomic E-state index is 0.0724. The van der Waals surface area contributed by atoms with Gasteiger partial charge in [-0.1, -0.05) is 51.8 Å². The summed E-state index contributed by atoms with van der Waals surface area (Å²) in [6.07, 6.45) is 14.3. The van der Waals surface area contributed by atoms with Crippen molar-refractivity contribution in [3.63, 3.8) is 0 Å². The van der Waals surface area contributed by atoms with E-state index >= 15 is 0 Å². The normalized spacial score (nSPS) is 33.7. The summed E-state index contributed by atoms with van der Waals surface area (Å²) < 4.78 is 11.9. The van der Waals surface area contributed by atoms with E-state index in [-0.39, 0.29) is 48.0 Å². The lowest BCUT2D eigenvalue weighted by atomic mass is 9.76. The number of hydrogen-bond acceptors (Lipinski definition) is 4. The number of epoxide rings is 1. The van der Waals surface area contributed by atoms with Gasteiger partial charge in [0.25, 0.3) is 0 Å². The first-order chi connectivity index (χ1) is 13.3. The third kappa shape index (κ3) is 4.74. The van der Waals surface area contributed by atoms with Crippen LogP contribution in [0.15, 0.2) is 24.3 Å². The Morgan fingerprint density at radius 2 is 1.75 bits per heavy atom. The standard InChI is InChI=1S/C23H34O5/c1-4-5-14-23(2,3)17(24)13-12-16-15(10-8-6-7-9-11-18(25)26)19-21-22(28-21)20(16)27-19/h6,8,12-13,15-16,19-22H,4-5,7,9-11,14H2,1-3H3,(H,25,26)/t15-,16+,19+,20-,21-,22+/m0/s1. The SMILES string of the molecule is CCCCC(C)(C)C(=O)C=C[C@@H]1[C@H](CC=CCCCC(=O)O)[C@H]2O[C@@H]1[C@H]1O[C@H]12. The first kappa shape index (κ1) is 21.3. The van der Waals surface area contributed by atoms with Gasteiger partial charge in [-0.05, 0) is 31.8 Å². The number of carbonyl (C=O) groups is 2. The van der Waals surface area contributed by atoms with E-state index < -0.39 is 5.97 Å². The zero-order valence-corrected chi connectivity index (χ0v) is 17.3. The van der Waals surface area contributed by atoms with Crippen LogP contribution in [0.1, 0.15) is 65.7 Å². The second-order valence-electron chi connectivity index (χ2n) is 9.08. The van der Waals surface area contributed by atoms with Gasteiger partial charge in [-0.15, -0.1) is 0 Å². The number of ether oxygens (including phenoxy) is 2. The van der Waals surface area contributed by atoms with Gasteiger partial charge in [0.1, 0.15) is 12.2 Å². The summed E-state index contributed by atoms with van der Waals surface area (Å²) >= 11 is 0. The van der Waals surface area contributed by atoms with Crippen molar-refractivity contribution in [2.24, 2.45) is 17.3 Å². The van der Waals surface area contributed by atoms with Gasteiger partial charge in [0.05, 0.1) is 12.2 Å². The molecule has 0 aromatic carbocycles. The topological polar surface area (TPSA) is 76.1 Å². The molecule has 3 aliphatic rings. The largest absolute Gasteiger partial charge is 0.481 e. The average molecular weight is 391 g/mol. The number of allylic oxidation sites excluding steroid dienone is 3. The summed E-state index contributed by atoms with van der Waals surface area (Å²) in [7, 11) is 0. The fraction of sp³-hybridized carbons (Fsp3) is 0.739. The van der Waals surface area contributed by atoms with Gasteiger partial charge < -0.3 is 14.6 Å². The van der Waals surface area contributed by atoms with E-state index in [0.29, 0.717) is 12.3 Å². The third-order valence-corrected chi connectivity index (χ3v) is 6.45. The first-order valence-electron chi connectivity index (χ1n) is 10.8. The smallest absolute Gasteiger partial charge is 0.303 e. The van der Waals surface area contributed by atoms with Crippen LogP contribution in [0.5, 0.6) is 0 Å². The summed E-state index contributed by atoms with van der Waals surface area (Å²) in [5, 5.41) is 8.70. The lowest BCUT2D eigenvalue weighted by molar-refractivity contribution is -0.137. The fourth-order valence-electron chi connectivity index (χ4n) is 4.57. The highest BCUT2D eigenvalue weighted by Crippen LogP contribution is 2.55. The summed E-state index contributed by atoms with van der Waals surface area (Å²) in [4.78, 5) is 23.3. The zero-order chi connectivity index (χ0) is 20.3. The van der Waals surface area contributed by atoms with Gasteiger partial charge in [-0.2, -0.15) is 0 Å². The second kappa shape index (κ2) is 8.91. The monoisotopic (exact) mass is 390 g/mol. The van der Waals surface area contributed by atoms with Crippen molar-refractivity contribution in [2.45, 2.75) is 90.1 Å². The highest BCUT2D eigenvalue weighted by Gasteiger charge is 2.68. The van der Waals surface area contributed by atoms with E-state index in [1.165, 1.54) is 0 Å². The number of hydrogen-bond donors (Lipinski definition) is 1. The summed E-state index contributed by atoms with van der Waals surface area (Å²) in [5.41, 5.74) is -0.316. The molecule has 156 valence electrons. The molecule has 5 heteroatoms. The number of rotatable bonds is 12. The number of aliphatic carboxylic acids is 1. The molecular formula is C23H34O5. The Morgan fingerprint density at radius 1 is 1.04 bits per heavy atom. The van der Waals surface area contributed by atoms with E-state index in [9.17, 15) is 9.59 Å². The molecule has 3 heterocycles. The van der Waals surface area contributed by atoms with Crippen LogP contribution in [0.25, 0.3) is 0 Å². The van der Waals surface area contributed by atoms with Gasteiger partial charge in [0, 0.05) is 23.7 Å². The quantitative estimate of drug-likeness (QED) is 0.233. The third-order valence-electron chi connectivity index (χ3n) is 6.45. The summed E-state index contributed by atoms with van der Waals surface area (Å²) in [5.74, 6) is -0.0147. The molecule has 2 bridgehead atoms. The Hall–Kier alpha value is -1.46. The molecule has 0 aromatic rings. The summed E-state index contributed by atoms with van der Waals surface area (Å²) in [6, 6.07) is 0. The molecule has 6 atom stereocenters. The van der Waals surface area contributed by atoms with Gasteiger partial charge >= 0.3 is 5.97 Å². The Kier molecular flexibility index (Phi) is 6.77. The van der Waals surface area contributed by atoms with Crippen molar-refractivity contribution in [1.29, 1.82) is 0 Å². The zero-order valence-electron chi connectivity index (χ0n) is 17.3. The second-order valence-corrected chi connectivity index (χ2v) is 9.08. The maximum absolute atomic E-state index is 12.7. The Balaban J connectivity index is 1.56. The maximum Gasteiger partial charge on any atom is 0.303 e. The number of ketones is 1. The van der Waals surface area contributed by atoms with Gasteiger partial charge in [-0.3, -0.25) is 9.59 Å². The Labute approximate surface area is 168 Å². The van der Waals surface area contributed by atoms with E-state index in [1.807, 2.05) is 13.8 Å². The molecule has 0 unspecified atom stereocenters. The minimum atomic E-state index is -0.747. The Bertz CT molecular complexity index is 635. The number of unbranched alkanes of at least 4 members (excludes halogenated alkanes) is 2. The maximum atomic E-state index is 12.7. The van der Waals surface area contributed by atoms with E-state index in [2.05, 4.69) is 25.2 Å². The molecule has 3 fully saturated rings. The highest BCUT2D eigenvalue weighted by atomic mass is 16.7. The number of fused-ring (bicyclic) bond motifs is 5. The molecule has 3 saturated heterocycles. The number of carbonyl (C=O) groups excluding carboxylic acids is 1. The minimum Gasteiger partial charge on any atom is -0.481 e. The molecular weight excluding hydrogens is 356 g/mol. The van der Waals surface area contributed by atoms with Crippen LogP contribution in [0.4, 0.5) is 0 Å². The lowest BCUT2D eigenvalue weighted by Gasteiger charge is -2.24. The predicted molar refractivity (Wildman–Crippen MR) is 107 cm³/mol. The molecule has 0 saturated carbocycles. The van der Waals surface area contributed by atoms with E-state index in [4.69, 9.17) is 14.6 Å². The molecule has 28 heavy (non-hydrogen) atoms. The molecule has 0 amide bonds.